The van der Waals surface area contributed by atoms with E-state index in [4.69, 9.17) is 5.73 Å². The van der Waals surface area contributed by atoms with Crippen LogP contribution in [0.2, 0.25) is 0 Å². The van der Waals surface area contributed by atoms with Crippen LogP contribution < -0.4 is 21.3 Å². The molecule has 1 atom stereocenters. The molecule has 1 aliphatic heterocycles. The van der Waals surface area contributed by atoms with E-state index in [9.17, 15) is 23.6 Å². The van der Waals surface area contributed by atoms with Crippen molar-refractivity contribution in [3.05, 3.63) is 59.4 Å². The molecule has 0 spiro atoms. The van der Waals surface area contributed by atoms with Crippen LogP contribution in [-0.2, 0) is 14.4 Å². The lowest BCUT2D eigenvalue weighted by atomic mass is 10.1. The summed E-state index contributed by atoms with van der Waals surface area (Å²) in [7, 11) is 0. The first kappa shape index (κ1) is 21.9. The zero-order chi connectivity index (χ0) is 22.5. The number of benzene rings is 2. The summed E-state index contributed by atoms with van der Waals surface area (Å²) in [5.41, 5.74) is 6.42. The molecule has 0 saturated carbocycles. The van der Waals surface area contributed by atoms with Crippen LogP contribution >= 0.6 is 0 Å². The Morgan fingerprint density at radius 2 is 1.94 bits per heavy atom. The fourth-order valence-electron chi connectivity index (χ4n) is 3.37. The lowest BCUT2D eigenvalue weighted by Gasteiger charge is -2.18. The topological polar surface area (TPSA) is 122 Å². The van der Waals surface area contributed by atoms with Gasteiger partial charge in [-0.1, -0.05) is 18.2 Å². The van der Waals surface area contributed by atoms with Gasteiger partial charge < -0.3 is 21.3 Å². The molecular weight excluding hydrogens is 403 g/mol. The number of anilines is 2. The van der Waals surface area contributed by atoms with Gasteiger partial charge in [-0.25, -0.2) is 4.39 Å². The SMILES string of the molecule is Cc1ccc(N2CC(C(=O)Nc3ccccc3C(=O)NCCC(N)=O)CC2=O)c(F)c1. The maximum atomic E-state index is 14.3. The number of carbonyl (C=O) groups is 4. The van der Waals surface area contributed by atoms with Crippen LogP contribution in [0.5, 0.6) is 0 Å². The van der Waals surface area contributed by atoms with Crippen molar-refractivity contribution in [1.29, 1.82) is 0 Å². The van der Waals surface area contributed by atoms with Crippen molar-refractivity contribution in [3.63, 3.8) is 0 Å². The molecule has 1 fully saturated rings. The van der Waals surface area contributed by atoms with E-state index >= 15 is 0 Å². The molecule has 1 aliphatic rings. The molecule has 8 nitrogen and oxygen atoms in total. The number of halogens is 1. The average molecular weight is 426 g/mol. The molecular formula is C22H23FN4O4. The van der Waals surface area contributed by atoms with Crippen LogP contribution in [0.4, 0.5) is 15.8 Å². The zero-order valence-electron chi connectivity index (χ0n) is 17.0. The molecule has 9 heteroatoms. The van der Waals surface area contributed by atoms with E-state index in [-0.39, 0.29) is 48.8 Å². The Kier molecular flexibility index (Phi) is 6.64. The third kappa shape index (κ3) is 5.25. The highest BCUT2D eigenvalue weighted by Crippen LogP contribution is 2.29. The molecule has 3 rings (SSSR count). The number of nitrogens with one attached hydrogen (secondary N) is 2. The maximum absolute atomic E-state index is 14.3. The van der Waals surface area contributed by atoms with E-state index in [1.54, 1.807) is 31.2 Å². The Morgan fingerprint density at radius 1 is 1.19 bits per heavy atom. The van der Waals surface area contributed by atoms with E-state index < -0.39 is 29.5 Å². The van der Waals surface area contributed by atoms with Crippen molar-refractivity contribution < 1.29 is 23.6 Å². The minimum Gasteiger partial charge on any atom is -0.370 e. The van der Waals surface area contributed by atoms with Gasteiger partial charge in [-0.15, -0.1) is 0 Å². The second-order valence-corrected chi connectivity index (χ2v) is 7.37. The van der Waals surface area contributed by atoms with E-state index in [1.165, 1.54) is 23.1 Å². The summed E-state index contributed by atoms with van der Waals surface area (Å²) in [6.45, 7) is 1.86. The summed E-state index contributed by atoms with van der Waals surface area (Å²) >= 11 is 0. The second kappa shape index (κ2) is 9.38. The van der Waals surface area contributed by atoms with E-state index in [0.717, 1.165) is 5.56 Å². The van der Waals surface area contributed by atoms with Gasteiger partial charge in [0.05, 0.1) is 22.9 Å². The van der Waals surface area contributed by atoms with Crippen molar-refractivity contribution in [2.75, 3.05) is 23.3 Å². The first-order valence-electron chi connectivity index (χ1n) is 9.79. The molecule has 31 heavy (non-hydrogen) atoms. The lowest BCUT2D eigenvalue weighted by molar-refractivity contribution is -0.122. The van der Waals surface area contributed by atoms with Gasteiger partial charge in [0.25, 0.3) is 5.91 Å². The van der Waals surface area contributed by atoms with Gasteiger partial charge in [-0.2, -0.15) is 0 Å². The molecule has 1 saturated heterocycles. The van der Waals surface area contributed by atoms with Crippen molar-refractivity contribution in [2.45, 2.75) is 19.8 Å². The molecule has 2 aromatic carbocycles. The molecule has 1 heterocycles. The zero-order valence-corrected chi connectivity index (χ0v) is 17.0. The minimum atomic E-state index is -0.695. The highest BCUT2D eigenvalue weighted by Gasteiger charge is 2.36. The summed E-state index contributed by atoms with van der Waals surface area (Å²) in [5.74, 6) is -3.02. The normalized spacial score (nSPS) is 15.6. The van der Waals surface area contributed by atoms with Gasteiger partial charge in [-0.05, 0) is 36.8 Å². The van der Waals surface area contributed by atoms with Crippen LogP contribution in [0.1, 0.15) is 28.8 Å². The molecule has 0 bridgehead atoms. The maximum Gasteiger partial charge on any atom is 0.253 e. The predicted molar refractivity (Wildman–Crippen MR) is 113 cm³/mol. The largest absolute Gasteiger partial charge is 0.370 e. The summed E-state index contributed by atoms with van der Waals surface area (Å²) < 4.78 is 14.3. The third-order valence-corrected chi connectivity index (χ3v) is 4.98. The highest BCUT2D eigenvalue weighted by molar-refractivity contribution is 6.07. The molecule has 4 amide bonds. The van der Waals surface area contributed by atoms with E-state index in [0.29, 0.717) is 0 Å². The van der Waals surface area contributed by atoms with Gasteiger partial charge >= 0.3 is 0 Å². The van der Waals surface area contributed by atoms with Crippen LogP contribution in [0, 0.1) is 18.7 Å². The van der Waals surface area contributed by atoms with Gasteiger partial charge in [0, 0.05) is 25.9 Å². The Labute approximate surface area is 178 Å². The Hall–Kier alpha value is -3.75. The molecule has 4 N–H and O–H groups in total. The van der Waals surface area contributed by atoms with E-state index in [1.807, 2.05) is 0 Å². The fraction of sp³-hybridized carbons (Fsp3) is 0.273. The van der Waals surface area contributed by atoms with Gasteiger partial charge in [-0.3, -0.25) is 19.2 Å². The summed E-state index contributed by atoms with van der Waals surface area (Å²) in [4.78, 5) is 49.7. The summed E-state index contributed by atoms with van der Waals surface area (Å²) in [6, 6.07) is 10.9. The predicted octanol–water partition coefficient (Wildman–Crippen LogP) is 1.73. The number of hydrogen-bond acceptors (Lipinski definition) is 4. The highest BCUT2D eigenvalue weighted by atomic mass is 19.1. The smallest absolute Gasteiger partial charge is 0.253 e. The number of rotatable bonds is 7. The number of hydrogen-bond donors (Lipinski definition) is 3. The third-order valence-electron chi connectivity index (χ3n) is 4.98. The van der Waals surface area contributed by atoms with Gasteiger partial charge in [0.2, 0.25) is 17.7 Å². The molecule has 0 aromatic heterocycles. The number of primary amides is 1. The first-order chi connectivity index (χ1) is 14.8. The van der Waals surface area contributed by atoms with Gasteiger partial charge in [0.1, 0.15) is 5.82 Å². The Balaban J connectivity index is 1.69. The number of amides is 4. The van der Waals surface area contributed by atoms with Crippen molar-refractivity contribution in [3.8, 4) is 0 Å². The van der Waals surface area contributed by atoms with Crippen molar-refractivity contribution in [2.24, 2.45) is 11.7 Å². The Bertz CT molecular complexity index is 1040. The molecule has 1 unspecified atom stereocenters. The van der Waals surface area contributed by atoms with E-state index in [2.05, 4.69) is 10.6 Å². The number of carbonyl (C=O) groups excluding carboxylic acids is 4. The number of para-hydroxylation sites is 1. The van der Waals surface area contributed by atoms with Gasteiger partial charge in [0.15, 0.2) is 0 Å². The first-order valence-corrected chi connectivity index (χ1v) is 9.79. The minimum absolute atomic E-state index is 0.00411. The van der Waals surface area contributed by atoms with Crippen LogP contribution in [0.25, 0.3) is 0 Å². The molecule has 0 radical (unpaired) electrons. The van der Waals surface area contributed by atoms with Crippen LogP contribution in [0.15, 0.2) is 42.5 Å². The van der Waals surface area contributed by atoms with Crippen molar-refractivity contribution in [1.82, 2.24) is 5.32 Å². The summed E-state index contributed by atoms with van der Waals surface area (Å²) in [6.07, 6.45) is -0.0675. The molecule has 0 aliphatic carbocycles. The van der Waals surface area contributed by atoms with Crippen LogP contribution in [0.3, 0.4) is 0 Å². The standard InChI is InChI=1S/C22H23FN4O4/c1-13-6-7-18(16(23)10-13)27-12-14(11-20(27)29)21(30)26-17-5-3-2-4-15(17)22(31)25-9-8-19(24)28/h2-7,10,14H,8-9,11-12H2,1H3,(H2,24,28)(H,25,31)(H,26,30). The fourth-order valence-corrected chi connectivity index (χ4v) is 3.37. The number of nitrogens with two attached hydrogens (primary N) is 1. The number of nitrogens with zero attached hydrogens (tertiary/aromatic N) is 1. The molecule has 2 aromatic rings. The van der Waals surface area contributed by atoms with Crippen LogP contribution in [-0.4, -0.2) is 36.7 Å². The second-order valence-electron chi connectivity index (χ2n) is 7.37. The lowest BCUT2D eigenvalue weighted by Crippen LogP contribution is -2.31. The molecule has 162 valence electrons. The Morgan fingerprint density at radius 3 is 2.65 bits per heavy atom. The average Bonchev–Trinajstić information content (AvgIpc) is 3.09. The number of aryl methyl sites for hydroxylation is 1. The van der Waals surface area contributed by atoms with Crippen molar-refractivity contribution >= 4 is 35.0 Å². The quantitative estimate of drug-likeness (QED) is 0.624. The summed E-state index contributed by atoms with van der Waals surface area (Å²) in [5, 5.41) is 5.25. The monoisotopic (exact) mass is 426 g/mol.